The van der Waals surface area contributed by atoms with Gasteiger partial charge >= 0.3 is 11.8 Å². The van der Waals surface area contributed by atoms with E-state index in [1.807, 2.05) is 6.07 Å². The van der Waals surface area contributed by atoms with Crippen LogP contribution in [0.3, 0.4) is 0 Å². The molecular weight excluding hydrogens is 437 g/mol. The van der Waals surface area contributed by atoms with E-state index in [0.717, 1.165) is 31.1 Å². The van der Waals surface area contributed by atoms with Gasteiger partial charge in [0.2, 0.25) is 0 Å². The van der Waals surface area contributed by atoms with Gasteiger partial charge in [0.05, 0.1) is 11.9 Å². The molecule has 0 atom stereocenters. The maximum absolute atomic E-state index is 12.4. The fourth-order valence-corrected chi connectivity index (χ4v) is 4.17. The quantitative estimate of drug-likeness (QED) is 0.673. The molecule has 29 heavy (non-hydrogen) atoms. The molecule has 10 heteroatoms. The molecule has 1 heterocycles. The smallest absolute Gasteiger partial charge is 0.313 e. The van der Waals surface area contributed by atoms with Crippen molar-refractivity contribution < 1.29 is 18.0 Å². The molecule has 1 saturated carbocycles. The number of carbonyl (C=O) groups excluding carboxylic acids is 2. The van der Waals surface area contributed by atoms with E-state index in [-0.39, 0.29) is 10.7 Å². The number of pyridine rings is 1. The summed E-state index contributed by atoms with van der Waals surface area (Å²) >= 11 is 12.2. The van der Waals surface area contributed by atoms with Crippen molar-refractivity contribution in [3.8, 4) is 0 Å². The zero-order chi connectivity index (χ0) is 21.2. The van der Waals surface area contributed by atoms with Crippen molar-refractivity contribution in [2.24, 2.45) is 0 Å². The molecule has 2 N–H and O–H groups in total. The fourth-order valence-electron chi connectivity index (χ4n) is 3.14. The van der Waals surface area contributed by atoms with Gasteiger partial charge in [0, 0.05) is 21.8 Å². The third-order valence-electron chi connectivity index (χ3n) is 4.81. The molecule has 3 rings (SSSR count). The second-order valence-corrected chi connectivity index (χ2v) is 9.92. The summed E-state index contributed by atoms with van der Waals surface area (Å²) in [6.45, 7) is 0. The number of carbonyl (C=O) groups is 2. The number of halogens is 2. The van der Waals surface area contributed by atoms with Crippen LogP contribution in [0.4, 0.5) is 5.69 Å². The van der Waals surface area contributed by atoms with Gasteiger partial charge in [0.15, 0.2) is 14.9 Å². The number of nitrogens with one attached hydrogen (secondary N) is 2. The van der Waals surface area contributed by atoms with Crippen LogP contribution < -0.4 is 10.6 Å². The van der Waals surface area contributed by atoms with Crippen molar-refractivity contribution >= 4 is 50.5 Å². The monoisotopic (exact) mass is 455 g/mol. The molecule has 1 aromatic heterocycles. The van der Waals surface area contributed by atoms with Gasteiger partial charge < -0.3 is 10.6 Å². The van der Waals surface area contributed by atoms with E-state index in [1.165, 1.54) is 18.3 Å². The van der Waals surface area contributed by atoms with Crippen molar-refractivity contribution in [2.45, 2.75) is 36.2 Å². The minimum Gasteiger partial charge on any atom is -0.342 e. The Morgan fingerprint density at radius 2 is 1.86 bits per heavy atom. The van der Waals surface area contributed by atoms with Crippen LogP contribution in [-0.2, 0) is 25.8 Å². The summed E-state index contributed by atoms with van der Waals surface area (Å²) in [6.07, 6.45) is 5.11. The Morgan fingerprint density at radius 3 is 2.38 bits per heavy atom. The summed E-state index contributed by atoms with van der Waals surface area (Å²) in [4.78, 5) is 28.5. The van der Waals surface area contributed by atoms with Crippen LogP contribution >= 0.6 is 23.2 Å². The lowest BCUT2D eigenvalue weighted by Crippen LogP contribution is -2.57. The number of hydrogen-bond donors (Lipinski definition) is 2. The zero-order valence-corrected chi connectivity index (χ0v) is 17.9. The highest BCUT2D eigenvalue weighted by atomic mass is 35.5. The van der Waals surface area contributed by atoms with Gasteiger partial charge in [-0.3, -0.25) is 9.59 Å². The third kappa shape index (κ3) is 5.26. The molecule has 2 amide bonds. The molecular formula is C19H19Cl2N3O4S. The van der Waals surface area contributed by atoms with Gasteiger partial charge in [-0.05, 0) is 55.5 Å². The maximum Gasteiger partial charge on any atom is 0.313 e. The Labute approximate surface area is 178 Å². The molecule has 1 aliphatic carbocycles. The van der Waals surface area contributed by atoms with Crippen LogP contribution in [-0.4, -0.2) is 37.0 Å². The maximum atomic E-state index is 12.4. The second kappa shape index (κ2) is 8.30. The molecule has 7 nitrogen and oxygen atoms in total. The fraction of sp³-hybridized carbons (Fsp3) is 0.316. The Hall–Kier alpha value is -2.16. The topological polar surface area (TPSA) is 105 Å². The number of amides is 2. The molecule has 0 bridgehead atoms. The number of sulfone groups is 1. The highest BCUT2D eigenvalue weighted by Gasteiger charge is 2.40. The number of rotatable bonds is 5. The minimum absolute atomic E-state index is 0.117. The Balaban J connectivity index is 1.65. The molecule has 1 aromatic carbocycles. The first-order valence-corrected chi connectivity index (χ1v) is 11.5. The van der Waals surface area contributed by atoms with Gasteiger partial charge in [0.25, 0.3) is 0 Å². The van der Waals surface area contributed by atoms with Crippen LogP contribution in [0.15, 0.2) is 41.6 Å². The van der Waals surface area contributed by atoms with Crippen LogP contribution in [0.1, 0.15) is 24.8 Å². The SMILES string of the molecule is CS(=O)(=O)c1ccc(NC(=O)C(=O)NC2(Cc3ccc(Cl)cc3Cl)CCC2)cn1. The van der Waals surface area contributed by atoms with E-state index in [2.05, 4.69) is 15.6 Å². The summed E-state index contributed by atoms with van der Waals surface area (Å²) in [5.41, 5.74) is 0.530. The largest absolute Gasteiger partial charge is 0.342 e. The number of benzene rings is 1. The average molecular weight is 456 g/mol. The van der Waals surface area contributed by atoms with Gasteiger partial charge in [-0.2, -0.15) is 0 Å². The van der Waals surface area contributed by atoms with Crippen molar-refractivity contribution in [2.75, 3.05) is 11.6 Å². The highest BCUT2D eigenvalue weighted by molar-refractivity contribution is 7.90. The number of nitrogens with zero attached hydrogens (tertiary/aromatic N) is 1. The summed E-state index contributed by atoms with van der Waals surface area (Å²) in [5, 5.41) is 6.16. The van der Waals surface area contributed by atoms with Gasteiger partial charge in [-0.15, -0.1) is 0 Å². The molecule has 154 valence electrons. The summed E-state index contributed by atoms with van der Waals surface area (Å²) in [7, 11) is -3.44. The van der Waals surface area contributed by atoms with Crippen molar-refractivity contribution in [1.82, 2.24) is 10.3 Å². The molecule has 0 spiro atoms. The molecule has 0 saturated heterocycles. The predicted molar refractivity (Wildman–Crippen MR) is 111 cm³/mol. The van der Waals surface area contributed by atoms with E-state index in [9.17, 15) is 18.0 Å². The van der Waals surface area contributed by atoms with Crippen LogP contribution in [0.2, 0.25) is 10.0 Å². The van der Waals surface area contributed by atoms with Crippen LogP contribution in [0, 0.1) is 0 Å². The number of anilines is 1. The van der Waals surface area contributed by atoms with Gasteiger partial charge in [-0.1, -0.05) is 29.3 Å². The molecule has 2 aromatic rings. The first-order chi connectivity index (χ1) is 13.6. The lowest BCUT2D eigenvalue weighted by molar-refractivity contribution is -0.138. The van der Waals surface area contributed by atoms with E-state index in [0.29, 0.717) is 16.5 Å². The predicted octanol–water partition coefficient (Wildman–Crippen LogP) is 3.01. The lowest BCUT2D eigenvalue weighted by Gasteiger charge is -2.42. The van der Waals surface area contributed by atoms with Crippen molar-refractivity contribution in [3.05, 3.63) is 52.1 Å². The zero-order valence-electron chi connectivity index (χ0n) is 15.5. The molecule has 0 aliphatic heterocycles. The first-order valence-electron chi connectivity index (χ1n) is 8.82. The number of aromatic nitrogens is 1. The van der Waals surface area contributed by atoms with Gasteiger partial charge in [-0.25, -0.2) is 13.4 Å². The minimum atomic E-state index is -3.44. The standard InChI is InChI=1S/C19H19Cl2N3O4S/c1-29(27,28)16-6-5-14(11-22-16)23-17(25)18(26)24-19(7-2-8-19)10-12-3-4-13(20)9-15(12)21/h3-6,9,11H,2,7-8,10H2,1H3,(H,23,25)(H,24,26). The number of hydrogen-bond acceptors (Lipinski definition) is 5. The molecule has 1 fully saturated rings. The van der Waals surface area contributed by atoms with Crippen molar-refractivity contribution in [1.29, 1.82) is 0 Å². The highest BCUT2D eigenvalue weighted by Crippen LogP contribution is 2.37. The average Bonchev–Trinajstić information content (AvgIpc) is 2.61. The molecule has 0 unspecified atom stereocenters. The van der Waals surface area contributed by atoms with Crippen molar-refractivity contribution in [3.63, 3.8) is 0 Å². The van der Waals surface area contributed by atoms with Crippen LogP contribution in [0.25, 0.3) is 0 Å². The normalized spacial score (nSPS) is 15.3. The van der Waals surface area contributed by atoms with E-state index >= 15 is 0 Å². The first kappa shape index (κ1) is 21.5. The molecule has 0 radical (unpaired) electrons. The Morgan fingerprint density at radius 1 is 1.14 bits per heavy atom. The Bertz CT molecular complexity index is 1050. The third-order valence-corrected chi connectivity index (χ3v) is 6.40. The summed E-state index contributed by atoms with van der Waals surface area (Å²) in [6, 6.07) is 7.83. The van der Waals surface area contributed by atoms with E-state index in [4.69, 9.17) is 23.2 Å². The van der Waals surface area contributed by atoms with Crippen LogP contribution in [0.5, 0.6) is 0 Å². The second-order valence-electron chi connectivity index (χ2n) is 7.11. The van der Waals surface area contributed by atoms with E-state index < -0.39 is 27.2 Å². The molecule has 1 aliphatic rings. The van der Waals surface area contributed by atoms with Gasteiger partial charge in [0.1, 0.15) is 0 Å². The lowest BCUT2D eigenvalue weighted by atomic mass is 9.72. The van der Waals surface area contributed by atoms with E-state index in [1.54, 1.807) is 12.1 Å². The Kier molecular flexibility index (Phi) is 6.16. The summed E-state index contributed by atoms with van der Waals surface area (Å²) in [5.74, 6) is -1.63. The summed E-state index contributed by atoms with van der Waals surface area (Å²) < 4.78 is 22.9.